The lowest BCUT2D eigenvalue weighted by Crippen LogP contribution is -2.45. The number of nitrogens with one attached hydrogen (secondary N) is 1. The van der Waals surface area contributed by atoms with E-state index in [1.807, 2.05) is 6.08 Å². The van der Waals surface area contributed by atoms with Crippen molar-refractivity contribution in [2.45, 2.75) is 328 Å². The number of ether oxygens (including phenoxy) is 1. The van der Waals surface area contributed by atoms with Crippen molar-refractivity contribution in [2.75, 3.05) is 13.2 Å². The van der Waals surface area contributed by atoms with Crippen molar-refractivity contribution in [2.24, 2.45) is 0 Å². The second-order valence-electron chi connectivity index (χ2n) is 19.6. The Morgan fingerprint density at radius 2 is 0.730 bits per heavy atom. The Kier molecular flexibility index (Phi) is 52.0. The molecule has 0 radical (unpaired) electrons. The Hall–Kier alpha value is -1.40. The van der Waals surface area contributed by atoms with Gasteiger partial charge in [-0.3, -0.25) is 9.59 Å². The number of esters is 1. The van der Waals surface area contributed by atoms with Gasteiger partial charge in [0.25, 0.3) is 0 Å². The first-order valence-corrected chi connectivity index (χ1v) is 28.5. The Bertz CT molecular complexity index is 939. The SMILES string of the molecule is CCCCCCCCCCCCCCCCCC/C=C/C(O)C(CO)NC(=O)CCCCCCCCCCCCCCCCOC(=O)CCCCCCCCCCCCCCCC. The lowest BCUT2D eigenvalue weighted by molar-refractivity contribution is -0.143. The predicted molar refractivity (Wildman–Crippen MR) is 273 cm³/mol. The topological polar surface area (TPSA) is 95.9 Å². The average Bonchev–Trinajstić information content (AvgIpc) is 3.28. The van der Waals surface area contributed by atoms with Crippen LogP contribution in [0.1, 0.15) is 316 Å². The summed E-state index contributed by atoms with van der Waals surface area (Å²) in [5, 5.41) is 23.1. The van der Waals surface area contributed by atoms with Crippen LogP contribution >= 0.6 is 0 Å². The zero-order valence-corrected chi connectivity index (χ0v) is 42.6. The molecule has 0 heterocycles. The maximum atomic E-state index is 12.5. The summed E-state index contributed by atoms with van der Waals surface area (Å²) in [7, 11) is 0. The minimum Gasteiger partial charge on any atom is -0.466 e. The summed E-state index contributed by atoms with van der Waals surface area (Å²) in [4.78, 5) is 24.5. The smallest absolute Gasteiger partial charge is 0.305 e. The van der Waals surface area contributed by atoms with Gasteiger partial charge in [-0.1, -0.05) is 283 Å². The van der Waals surface area contributed by atoms with E-state index in [9.17, 15) is 19.8 Å². The van der Waals surface area contributed by atoms with Crippen LogP contribution < -0.4 is 5.32 Å². The van der Waals surface area contributed by atoms with Crippen LogP contribution in [0.4, 0.5) is 0 Å². The Morgan fingerprint density at radius 3 is 1.08 bits per heavy atom. The number of aliphatic hydroxyl groups excluding tert-OH is 2. The Balaban J connectivity index is 3.46. The molecule has 2 unspecified atom stereocenters. The van der Waals surface area contributed by atoms with E-state index < -0.39 is 12.1 Å². The molecule has 1 amide bonds. The first-order valence-electron chi connectivity index (χ1n) is 28.5. The molecule has 374 valence electrons. The molecule has 0 saturated carbocycles. The van der Waals surface area contributed by atoms with Gasteiger partial charge in [-0.05, 0) is 32.1 Å². The largest absolute Gasteiger partial charge is 0.466 e. The fourth-order valence-electron chi connectivity index (χ4n) is 8.93. The van der Waals surface area contributed by atoms with Gasteiger partial charge < -0.3 is 20.3 Å². The maximum absolute atomic E-state index is 12.5. The quantitative estimate of drug-likeness (QED) is 0.0321. The number of allylic oxidation sites excluding steroid dienone is 1. The third-order valence-electron chi connectivity index (χ3n) is 13.3. The second-order valence-corrected chi connectivity index (χ2v) is 19.6. The van der Waals surface area contributed by atoms with E-state index in [0.717, 1.165) is 57.8 Å². The van der Waals surface area contributed by atoms with Crippen LogP contribution in [-0.2, 0) is 14.3 Å². The minimum atomic E-state index is -0.851. The van der Waals surface area contributed by atoms with Crippen LogP contribution in [0.2, 0.25) is 0 Å². The standard InChI is InChI=1S/C57H111NO5/c1-3-5-7-9-11-13-15-17-19-20-21-22-25-29-33-37-41-45-49-55(60)54(53-59)58-56(61)50-46-42-38-34-30-26-23-24-28-32-36-40-44-48-52-63-57(62)51-47-43-39-35-31-27-18-16-14-12-10-8-6-4-2/h45,49,54-55,59-60H,3-44,46-48,50-53H2,1-2H3,(H,58,61)/b49-45+. The van der Waals surface area contributed by atoms with Crippen LogP contribution in [0.3, 0.4) is 0 Å². The second kappa shape index (κ2) is 53.2. The van der Waals surface area contributed by atoms with E-state index in [-0.39, 0.29) is 18.5 Å². The third kappa shape index (κ3) is 49.9. The van der Waals surface area contributed by atoms with E-state index >= 15 is 0 Å². The number of hydrogen-bond acceptors (Lipinski definition) is 5. The number of hydrogen-bond donors (Lipinski definition) is 3. The third-order valence-corrected chi connectivity index (χ3v) is 13.3. The summed E-state index contributed by atoms with van der Waals surface area (Å²) in [6.45, 7) is 4.90. The number of unbranched alkanes of at least 4 members (excludes halogenated alkanes) is 42. The molecule has 0 aromatic rings. The van der Waals surface area contributed by atoms with Crippen LogP contribution in [0.15, 0.2) is 12.2 Å². The first-order chi connectivity index (χ1) is 31.0. The number of amides is 1. The highest BCUT2D eigenvalue weighted by molar-refractivity contribution is 5.76. The molecule has 0 bridgehead atoms. The molecule has 0 aliphatic rings. The molecule has 6 heteroatoms. The molecule has 0 aliphatic carbocycles. The minimum absolute atomic E-state index is 0.000570. The molecule has 0 fully saturated rings. The van der Waals surface area contributed by atoms with Gasteiger partial charge in [0.15, 0.2) is 0 Å². The van der Waals surface area contributed by atoms with Crippen molar-refractivity contribution in [3.05, 3.63) is 12.2 Å². The molecule has 0 aromatic carbocycles. The molecular weight excluding hydrogens is 779 g/mol. The number of carbonyl (C=O) groups excluding carboxylic acids is 2. The predicted octanol–water partition coefficient (Wildman–Crippen LogP) is 17.3. The molecule has 2 atom stereocenters. The normalized spacial score (nSPS) is 12.6. The molecule has 0 saturated heterocycles. The highest BCUT2D eigenvalue weighted by atomic mass is 16.5. The molecule has 0 rings (SSSR count). The zero-order valence-electron chi connectivity index (χ0n) is 42.6. The van der Waals surface area contributed by atoms with Gasteiger partial charge in [-0.15, -0.1) is 0 Å². The maximum Gasteiger partial charge on any atom is 0.305 e. The van der Waals surface area contributed by atoms with Gasteiger partial charge in [-0.25, -0.2) is 0 Å². The summed E-state index contributed by atoms with van der Waals surface area (Å²) in [6, 6.07) is -0.635. The van der Waals surface area contributed by atoms with Crippen molar-refractivity contribution in [3.63, 3.8) is 0 Å². The molecular formula is C57H111NO5. The van der Waals surface area contributed by atoms with Crippen LogP contribution in [0, 0.1) is 0 Å². The van der Waals surface area contributed by atoms with E-state index in [1.165, 1.54) is 231 Å². The highest BCUT2D eigenvalue weighted by Crippen LogP contribution is 2.17. The van der Waals surface area contributed by atoms with Crippen molar-refractivity contribution in [3.8, 4) is 0 Å². The lowest BCUT2D eigenvalue weighted by atomic mass is 10.0. The van der Waals surface area contributed by atoms with Gasteiger partial charge in [0.2, 0.25) is 5.91 Å². The molecule has 0 spiro atoms. The summed E-state index contributed by atoms with van der Waals surface area (Å²) in [5.74, 6) is -0.0762. The van der Waals surface area contributed by atoms with Crippen molar-refractivity contribution in [1.82, 2.24) is 5.32 Å². The summed E-state index contributed by atoms with van der Waals surface area (Å²) in [6.07, 6.45) is 62.2. The van der Waals surface area contributed by atoms with E-state index in [1.54, 1.807) is 6.08 Å². The Morgan fingerprint density at radius 1 is 0.429 bits per heavy atom. The van der Waals surface area contributed by atoms with Gasteiger partial charge >= 0.3 is 5.97 Å². The van der Waals surface area contributed by atoms with Crippen LogP contribution in [0.25, 0.3) is 0 Å². The van der Waals surface area contributed by atoms with Crippen LogP contribution in [-0.4, -0.2) is 47.4 Å². The first kappa shape index (κ1) is 61.6. The fourth-order valence-corrected chi connectivity index (χ4v) is 8.93. The molecule has 0 aromatic heterocycles. The molecule has 0 aliphatic heterocycles. The monoisotopic (exact) mass is 890 g/mol. The zero-order chi connectivity index (χ0) is 45.8. The van der Waals surface area contributed by atoms with Gasteiger partial charge in [0, 0.05) is 12.8 Å². The summed E-state index contributed by atoms with van der Waals surface area (Å²) in [5.41, 5.74) is 0. The summed E-state index contributed by atoms with van der Waals surface area (Å²) < 4.78 is 5.47. The lowest BCUT2D eigenvalue weighted by Gasteiger charge is -2.20. The molecule has 63 heavy (non-hydrogen) atoms. The summed E-state index contributed by atoms with van der Waals surface area (Å²) >= 11 is 0. The Labute approximate surface area is 393 Å². The fraction of sp³-hybridized carbons (Fsp3) is 0.930. The number of carbonyl (C=O) groups is 2. The highest BCUT2D eigenvalue weighted by Gasteiger charge is 2.18. The average molecular weight is 891 g/mol. The van der Waals surface area contributed by atoms with Gasteiger partial charge in [-0.2, -0.15) is 0 Å². The molecule has 3 N–H and O–H groups in total. The van der Waals surface area contributed by atoms with E-state index in [0.29, 0.717) is 19.4 Å². The van der Waals surface area contributed by atoms with Gasteiger partial charge in [0.1, 0.15) is 0 Å². The van der Waals surface area contributed by atoms with E-state index in [4.69, 9.17) is 4.74 Å². The number of rotatable bonds is 53. The van der Waals surface area contributed by atoms with Crippen molar-refractivity contribution in [1.29, 1.82) is 0 Å². The van der Waals surface area contributed by atoms with Crippen molar-refractivity contribution < 1.29 is 24.5 Å². The van der Waals surface area contributed by atoms with Gasteiger partial charge in [0.05, 0.1) is 25.4 Å². The number of aliphatic hydroxyl groups is 2. The van der Waals surface area contributed by atoms with Crippen LogP contribution in [0.5, 0.6) is 0 Å². The van der Waals surface area contributed by atoms with Crippen molar-refractivity contribution >= 4 is 11.9 Å². The van der Waals surface area contributed by atoms with E-state index in [2.05, 4.69) is 19.2 Å². The molecule has 6 nitrogen and oxygen atoms in total.